The number of carbonyl (C=O) groups excluding carboxylic acids is 1. The zero-order chi connectivity index (χ0) is 18.5. The Morgan fingerprint density at radius 2 is 2.12 bits per heavy atom. The number of nitrogens with one attached hydrogen (secondary N) is 2. The Kier molecular flexibility index (Phi) is 5.98. The quantitative estimate of drug-likeness (QED) is 0.549. The molecule has 1 heterocycles. The molecule has 1 amide bonds. The number of thioether (sulfide) groups is 1. The second-order valence-corrected chi connectivity index (χ2v) is 7.59. The third-order valence-corrected chi connectivity index (χ3v) is 5.36. The number of nitrogens with zero attached hydrogens (tertiary/aromatic N) is 1. The van der Waals surface area contributed by atoms with Crippen molar-refractivity contribution in [1.82, 2.24) is 15.3 Å². The first-order chi connectivity index (χ1) is 12.5. The van der Waals surface area contributed by atoms with Gasteiger partial charge in [-0.25, -0.2) is 9.78 Å². The topological polar surface area (TPSA) is 84.1 Å². The predicted molar refractivity (Wildman–Crippen MR) is 102 cm³/mol. The summed E-state index contributed by atoms with van der Waals surface area (Å²) in [5.74, 6) is 1.73. The third-order valence-electron chi connectivity index (χ3n) is 4.24. The van der Waals surface area contributed by atoms with Gasteiger partial charge in [-0.2, -0.15) is 0 Å². The van der Waals surface area contributed by atoms with Crippen molar-refractivity contribution >= 4 is 17.7 Å². The van der Waals surface area contributed by atoms with Crippen molar-refractivity contribution in [3.8, 4) is 5.75 Å². The molecule has 0 radical (unpaired) electrons. The van der Waals surface area contributed by atoms with E-state index >= 15 is 0 Å². The zero-order valence-electron chi connectivity index (χ0n) is 15.0. The van der Waals surface area contributed by atoms with Crippen molar-refractivity contribution in [2.24, 2.45) is 5.92 Å². The highest BCUT2D eigenvalue weighted by molar-refractivity contribution is 7.99. The Hall–Kier alpha value is -2.28. The Morgan fingerprint density at radius 3 is 2.81 bits per heavy atom. The van der Waals surface area contributed by atoms with E-state index in [9.17, 15) is 9.59 Å². The summed E-state index contributed by atoms with van der Waals surface area (Å²) in [5, 5.41) is 3.64. The molecular formula is C19H23N3O3S. The van der Waals surface area contributed by atoms with Crippen LogP contribution in [0.2, 0.25) is 0 Å². The molecule has 6 nitrogen and oxygen atoms in total. The second-order valence-electron chi connectivity index (χ2n) is 6.60. The van der Waals surface area contributed by atoms with Crippen molar-refractivity contribution in [2.45, 2.75) is 37.8 Å². The van der Waals surface area contributed by atoms with E-state index in [4.69, 9.17) is 4.74 Å². The average molecular weight is 373 g/mol. The molecule has 2 N–H and O–H groups in total. The van der Waals surface area contributed by atoms with Crippen LogP contribution in [0.25, 0.3) is 0 Å². The predicted octanol–water partition coefficient (Wildman–Crippen LogP) is 2.84. The zero-order valence-corrected chi connectivity index (χ0v) is 15.8. The minimum atomic E-state index is -0.407. The Balaban J connectivity index is 1.48. The number of hydrogen-bond donors (Lipinski definition) is 2. The Bertz CT molecular complexity index is 816. The van der Waals surface area contributed by atoms with Gasteiger partial charge in [0.25, 0.3) is 0 Å². The van der Waals surface area contributed by atoms with Crippen LogP contribution in [-0.2, 0) is 4.79 Å². The van der Waals surface area contributed by atoms with Crippen LogP contribution in [0.1, 0.15) is 36.9 Å². The van der Waals surface area contributed by atoms with E-state index in [-0.39, 0.29) is 17.7 Å². The molecule has 0 aliphatic heterocycles. The first kappa shape index (κ1) is 18.5. The van der Waals surface area contributed by atoms with Gasteiger partial charge in [0.2, 0.25) is 5.91 Å². The van der Waals surface area contributed by atoms with Crippen LogP contribution in [-0.4, -0.2) is 28.2 Å². The molecule has 1 fully saturated rings. The molecule has 0 unspecified atom stereocenters. The third kappa shape index (κ3) is 5.36. The van der Waals surface area contributed by atoms with Gasteiger partial charge in [0.15, 0.2) is 0 Å². The summed E-state index contributed by atoms with van der Waals surface area (Å²) in [6.07, 6.45) is 4.05. The Morgan fingerprint density at radius 1 is 1.38 bits per heavy atom. The monoisotopic (exact) mass is 373 g/mol. The smallest absolute Gasteiger partial charge is 0.345 e. The highest BCUT2D eigenvalue weighted by atomic mass is 32.2. The summed E-state index contributed by atoms with van der Waals surface area (Å²) < 4.78 is 5.73. The van der Waals surface area contributed by atoms with Gasteiger partial charge in [0, 0.05) is 6.20 Å². The molecule has 26 heavy (non-hydrogen) atoms. The normalized spacial score (nSPS) is 14.7. The number of aryl methyl sites for hydroxylation is 1. The number of amides is 1. The first-order valence-electron chi connectivity index (χ1n) is 8.72. The largest absolute Gasteiger partial charge is 0.493 e. The molecule has 1 saturated carbocycles. The molecule has 138 valence electrons. The number of rotatable bonds is 8. The maximum absolute atomic E-state index is 12.2. The van der Waals surface area contributed by atoms with Crippen LogP contribution in [0.3, 0.4) is 0 Å². The molecule has 0 bridgehead atoms. The minimum Gasteiger partial charge on any atom is -0.493 e. The highest BCUT2D eigenvalue weighted by Crippen LogP contribution is 2.29. The number of carbonyl (C=O) groups is 1. The van der Waals surface area contributed by atoms with Crippen LogP contribution in [0.4, 0.5) is 0 Å². The summed E-state index contributed by atoms with van der Waals surface area (Å²) >= 11 is 1.30. The SMILES string of the molecule is Cc1cnc(=O)[nH]c1SCC(=O)N[C@@H](C)c1ccc(OCC2CC2)cc1. The van der Waals surface area contributed by atoms with Crippen molar-refractivity contribution in [2.75, 3.05) is 12.4 Å². The molecule has 3 rings (SSSR count). The van der Waals surface area contributed by atoms with Crippen molar-refractivity contribution in [1.29, 1.82) is 0 Å². The standard InChI is InChI=1S/C19H23N3O3S/c1-12-9-20-19(24)22-18(12)26-11-17(23)21-13(2)15-5-7-16(8-6-15)25-10-14-3-4-14/h5-9,13-14H,3-4,10-11H2,1-2H3,(H,21,23)(H,20,22,24)/t13-/m0/s1. The number of aromatic amines is 1. The number of benzene rings is 1. The lowest BCUT2D eigenvalue weighted by Crippen LogP contribution is -2.28. The van der Waals surface area contributed by atoms with Gasteiger partial charge in [-0.3, -0.25) is 4.79 Å². The number of hydrogen-bond acceptors (Lipinski definition) is 5. The maximum Gasteiger partial charge on any atom is 0.345 e. The molecule has 1 atom stereocenters. The fourth-order valence-corrected chi connectivity index (χ4v) is 3.25. The summed E-state index contributed by atoms with van der Waals surface area (Å²) in [6.45, 7) is 4.58. The van der Waals surface area contributed by atoms with E-state index in [1.807, 2.05) is 38.1 Å². The van der Waals surface area contributed by atoms with E-state index in [2.05, 4.69) is 15.3 Å². The van der Waals surface area contributed by atoms with Crippen LogP contribution >= 0.6 is 11.8 Å². The second kappa shape index (κ2) is 8.40. The first-order valence-corrected chi connectivity index (χ1v) is 9.70. The van der Waals surface area contributed by atoms with Gasteiger partial charge in [-0.1, -0.05) is 23.9 Å². The number of aromatic nitrogens is 2. The van der Waals surface area contributed by atoms with Crippen molar-refractivity contribution < 1.29 is 9.53 Å². The van der Waals surface area contributed by atoms with E-state index in [0.29, 0.717) is 5.03 Å². The summed E-state index contributed by atoms with van der Waals surface area (Å²) in [6, 6.07) is 7.74. The van der Waals surface area contributed by atoms with Gasteiger partial charge in [0.05, 0.1) is 23.4 Å². The van der Waals surface area contributed by atoms with Gasteiger partial charge < -0.3 is 15.0 Å². The number of ether oxygens (including phenoxy) is 1. The lowest BCUT2D eigenvalue weighted by atomic mass is 10.1. The van der Waals surface area contributed by atoms with E-state index in [1.165, 1.54) is 30.8 Å². The fourth-order valence-electron chi connectivity index (χ4n) is 2.45. The lowest BCUT2D eigenvalue weighted by Gasteiger charge is -2.15. The molecular weight excluding hydrogens is 350 g/mol. The molecule has 0 saturated heterocycles. The average Bonchev–Trinajstić information content (AvgIpc) is 3.45. The Labute approximate surface area is 156 Å². The molecule has 2 aromatic rings. The van der Waals surface area contributed by atoms with Crippen LogP contribution in [0.5, 0.6) is 5.75 Å². The van der Waals surface area contributed by atoms with Crippen LogP contribution < -0.4 is 15.7 Å². The van der Waals surface area contributed by atoms with Gasteiger partial charge in [-0.05, 0) is 55.9 Å². The lowest BCUT2D eigenvalue weighted by molar-refractivity contribution is -0.119. The summed E-state index contributed by atoms with van der Waals surface area (Å²) in [4.78, 5) is 29.8. The molecule has 1 aromatic heterocycles. The number of H-pyrrole nitrogens is 1. The fraction of sp³-hybridized carbons (Fsp3) is 0.421. The van der Waals surface area contributed by atoms with E-state index in [0.717, 1.165) is 29.4 Å². The summed E-state index contributed by atoms with van der Waals surface area (Å²) in [7, 11) is 0. The van der Waals surface area contributed by atoms with Gasteiger partial charge in [0.1, 0.15) is 5.75 Å². The molecule has 1 aromatic carbocycles. The molecule has 1 aliphatic rings. The van der Waals surface area contributed by atoms with Gasteiger partial charge in [-0.15, -0.1) is 0 Å². The van der Waals surface area contributed by atoms with Crippen molar-refractivity contribution in [3.05, 3.63) is 52.1 Å². The van der Waals surface area contributed by atoms with Crippen LogP contribution in [0.15, 0.2) is 40.3 Å². The molecule has 7 heteroatoms. The minimum absolute atomic E-state index is 0.0892. The van der Waals surface area contributed by atoms with Crippen LogP contribution in [0, 0.1) is 12.8 Å². The summed E-state index contributed by atoms with van der Waals surface area (Å²) in [5.41, 5.74) is 1.46. The van der Waals surface area contributed by atoms with Gasteiger partial charge >= 0.3 is 5.69 Å². The maximum atomic E-state index is 12.2. The highest BCUT2D eigenvalue weighted by Gasteiger charge is 2.21. The molecule has 0 spiro atoms. The molecule has 1 aliphatic carbocycles. The van der Waals surface area contributed by atoms with Crippen molar-refractivity contribution in [3.63, 3.8) is 0 Å². The van der Waals surface area contributed by atoms with E-state index < -0.39 is 5.69 Å². The van der Waals surface area contributed by atoms with E-state index in [1.54, 1.807) is 0 Å².